The summed E-state index contributed by atoms with van der Waals surface area (Å²) in [5, 5.41) is 3.56. The number of esters is 2. The van der Waals surface area contributed by atoms with Crippen molar-refractivity contribution in [1.29, 1.82) is 0 Å². The van der Waals surface area contributed by atoms with Crippen LogP contribution in [0.5, 0.6) is 0 Å². The molecule has 0 amide bonds. The summed E-state index contributed by atoms with van der Waals surface area (Å²) in [6, 6.07) is 0. The van der Waals surface area contributed by atoms with Gasteiger partial charge in [-0.05, 0) is 64.5 Å². The van der Waals surface area contributed by atoms with E-state index in [2.05, 4.69) is 19.2 Å². The largest absolute Gasteiger partial charge is 0.468 e. The smallest absolute Gasteiger partial charge is 0.306 e. The number of ether oxygens (including phenoxy) is 2. The van der Waals surface area contributed by atoms with Crippen molar-refractivity contribution < 1.29 is 39.5 Å². The molecule has 0 aromatic rings. The molecular formula is C37H72NO4Re-. The van der Waals surface area contributed by atoms with E-state index in [0.29, 0.717) is 19.4 Å². The molecule has 0 fully saturated rings. The molecule has 0 aliphatic carbocycles. The average molecular weight is 781 g/mol. The minimum atomic E-state index is -0.0512. The van der Waals surface area contributed by atoms with Gasteiger partial charge in [0.1, 0.15) is 6.10 Å². The first kappa shape index (κ1) is 44.7. The van der Waals surface area contributed by atoms with Crippen molar-refractivity contribution >= 4 is 11.9 Å². The van der Waals surface area contributed by atoms with E-state index >= 15 is 0 Å². The summed E-state index contributed by atoms with van der Waals surface area (Å²) in [4.78, 5) is 24.1. The molecule has 1 N–H and O–H groups in total. The van der Waals surface area contributed by atoms with Crippen molar-refractivity contribution in [3.05, 3.63) is 6.42 Å². The van der Waals surface area contributed by atoms with Gasteiger partial charge in [-0.3, -0.25) is 9.59 Å². The summed E-state index contributed by atoms with van der Waals surface area (Å²) in [6.45, 7) is 9.20. The zero-order chi connectivity index (χ0) is 30.8. The molecule has 0 atom stereocenters. The van der Waals surface area contributed by atoms with Gasteiger partial charge in [-0.25, -0.2) is 0 Å². The van der Waals surface area contributed by atoms with Gasteiger partial charge in [0.25, 0.3) is 0 Å². The van der Waals surface area contributed by atoms with E-state index < -0.39 is 0 Å². The topological polar surface area (TPSA) is 64.6 Å². The van der Waals surface area contributed by atoms with E-state index in [0.717, 1.165) is 58.0 Å². The molecule has 0 aliphatic rings. The van der Waals surface area contributed by atoms with Crippen LogP contribution in [0, 0.1) is 6.42 Å². The molecule has 43 heavy (non-hydrogen) atoms. The first-order chi connectivity index (χ1) is 20.6. The molecule has 0 saturated carbocycles. The van der Waals surface area contributed by atoms with Crippen molar-refractivity contribution in [2.24, 2.45) is 0 Å². The summed E-state index contributed by atoms with van der Waals surface area (Å²) in [6.07, 6.45) is 33.2. The second-order valence-electron chi connectivity index (χ2n) is 12.4. The maximum atomic E-state index is 12.5. The van der Waals surface area contributed by atoms with Crippen LogP contribution < -0.4 is 5.32 Å². The molecule has 0 saturated heterocycles. The predicted octanol–water partition coefficient (Wildman–Crippen LogP) is 10.8. The molecule has 257 valence electrons. The van der Waals surface area contributed by atoms with Crippen LogP contribution in [0.4, 0.5) is 0 Å². The van der Waals surface area contributed by atoms with Gasteiger partial charge in [0.05, 0.1) is 6.61 Å². The fourth-order valence-corrected chi connectivity index (χ4v) is 5.40. The predicted molar refractivity (Wildman–Crippen MR) is 180 cm³/mol. The van der Waals surface area contributed by atoms with Crippen LogP contribution >= 0.6 is 0 Å². The van der Waals surface area contributed by atoms with E-state index in [1.165, 1.54) is 116 Å². The van der Waals surface area contributed by atoms with Gasteiger partial charge in [0.2, 0.25) is 0 Å². The van der Waals surface area contributed by atoms with Gasteiger partial charge < -0.3 is 21.2 Å². The van der Waals surface area contributed by atoms with Crippen molar-refractivity contribution in [1.82, 2.24) is 5.32 Å². The zero-order valence-electron chi connectivity index (χ0n) is 28.9. The molecule has 0 unspecified atom stereocenters. The van der Waals surface area contributed by atoms with Crippen LogP contribution in [0.25, 0.3) is 0 Å². The van der Waals surface area contributed by atoms with Crippen LogP contribution in [-0.4, -0.2) is 37.7 Å². The summed E-state index contributed by atoms with van der Waals surface area (Å²) >= 11 is 0. The SMILES string of the molecule is C[CH-]CCOC(=O)CCCCCCCNCCCCCCCC(=O)OC(CCCCCCCC)CCCCCCCC.[Re]. The van der Waals surface area contributed by atoms with E-state index in [1.54, 1.807) is 0 Å². The van der Waals surface area contributed by atoms with E-state index in [1.807, 2.05) is 13.3 Å². The van der Waals surface area contributed by atoms with E-state index in [4.69, 9.17) is 9.47 Å². The van der Waals surface area contributed by atoms with Crippen LogP contribution in [-0.2, 0) is 39.5 Å². The van der Waals surface area contributed by atoms with Gasteiger partial charge in [-0.2, -0.15) is 6.92 Å². The van der Waals surface area contributed by atoms with Gasteiger partial charge in [0, 0.05) is 33.3 Å². The summed E-state index contributed by atoms with van der Waals surface area (Å²) in [5.41, 5.74) is 0. The van der Waals surface area contributed by atoms with Crippen molar-refractivity contribution in [2.45, 2.75) is 200 Å². The Morgan fingerprint density at radius 2 is 1.00 bits per heavy atom. The first-order valence-electron chi connectivity index (χ1n) is 18.5. The quantitative estimate of drug-likeness (QED) is 0.0400. The summed E-state index contributed by atoms with van der Waals surface area (Å²) in [5.74, 6) is -0.0194. The Bertz CT molecular complexity index is 559. The number of carbonyl (C=O) groups excluding carboxylic acids is 2. The average Bonchev–Trinajstić information content (AvgIpc) is 2.98. The molecule has 0 spiro atoms. The maximum Gasteiger partial charge on any atom is 0.306 e. The van der Waals surface area contributed by atoms with Crippen molar-refractivity contribution in [2.75, 3.05) is 19.7 Å². The molecule has 0 rings (SSSR count). The van der Waals surface area contributed by atoms with E-state index in [-0.39, 0.29) is 38.5 Å². The first-order valence-corrected chi connectivity index (χ1v) is 18.5. The van der Waals surface area contributed by atoms with Crippen LogP contribution in [0.3, 0.4) is 0 Å². The molecule has 0 aliphatic heterocycles. The van der Waals surface area contributed by atoms with Crippen LogP contribution in [0.1, 0.15) is 194 Å². The molecule has 0 aromatic heterocycles. The van der Waals surface area contributed by atoms with Crippen LogP contribution in [0.15, 0.2) is 0 Å². The van der Waals surface area contributed by atoms with Crippen molar-refractivity contribution in [3.8, 4) is 0 Å². The number of rotatable bonds is 34. The molecule has 6 heteroatoms. The molecule has 0 heterocycles. The Balaban J connectivity index is 0. The van der Waals surface area contributed by atoms with E-state index in [9.17, 15) is 9.59 Å². The second-order valence-corrected chi connectivity index (χ2v) is 12.4. The maximum absolute atomic E-state index is 12.5. The Kier molecular flexibility index (Phi) is 39.2. The zero-order valence-corrected chi connectivity index (χ0v) is 31.6. The Morgan fingerprint density at radius 1 is 0.581 bits per heavy atom. The molecule has 0 bridgehead atoms. The normalized spacial score (nSPS) is 11.1. The van der Waals surface area contributed by atoms with Gasteiger partial charge in [0.15, 0.2) is 0 Å². The Hall–Kier alpha value is -0.438. The third kappa shape index (κ3) is 35.9. The number of nitrogens with one attached hydrogen (secondary N) is 1. The fourth-order valence-electron chi connectivity index (χ4n) is 5.40. The van der Waals surface area contributed by atoms with Crippen LogP contribution in [0.2, 0.25) is 0 Å². The van der Waals surface area contributed by atoms with Gasteiger partial charge >= 0.3 is 11.9 Å². The summed E-state index contributed by atoms with van der Waals surface area (Å²) in [7, 11) is 0. The third-order valence-electron chi connectivity index (χ3n) is 8.20. The Morgan fingerprint density at radius 3 is 1.49 bits per heavy atom. The molecule has 5 nitrogen and oxygen atoms in total. The van der Waals surface area contributed by atoms with Crippen molar-refractivity contribution in [3.63, 3.8) is 0 Å². The number of hydrogen-bond acceptors (Lipinski definition) is 5. The third-order valence-corrected chi connectivity index (χ3v) is 8.20. The minimum absolute atomic E-state index is 0. The second kappa shape index (κ2) is 37.7. The number of carbonyl (C=O) groups is 2. The monoisotopic (exact) mass is 782 g/mol. The Labute approximate surface area is 282 Å². The number of hydrogen-bond donors (Lipinski definition) is 1. The number of unbranched alkanes of at least 4 members (excludes halogenated alkanes) is 19. The molecule has 0 aromatic carbocycles. The van der Waals surface area contributed by atoms with Gasteiger partial charge in [-0.15, -0.1) is 6.42 Å². The minimum Gasteiger partial charge on any atom is -0.468 e. The van der Waals surface area contributed by atoms with Gasteiger partial charge in [-0.1, -0.05) is 117 Å². The fraction of sp³-hybridized carbons (Fsp3) is 0.919. The molecular weight excluding hydrogens is 709 g/mol. The summed E-state index contributed by atoms with van der Waals surface area (Å²) < 4.78 is 11.1. The molecule has 1 radical (unpaired) electrons. The standard InChI is InChI=1S/C37H72NO4.Re/c1-4-7-10-12-16-22-28-35(29-23-17-13-11-8-5-2)42-37(40)31-25-19-15-21-27-33-38-32-26-20-14-18-24-30-36(39)41-34-9-6-3;/h6,35,38H,4-5,7-34H2,1-3H3;/q-1;.